The Morgan fingerprint density at radius 1 is 0.972 bits per heavy atom. The number of aliphatic hydroxyl groups is 1. The van der Waals surface area contributed by atoms with Crippen LogP contribution in [0.3, 0.4) is 0 Å². The number of hydrogen-bond donors (Lipinski definition) is 3. The number of amides is 2. The van der Waals surface area contributed by atoms with Crippen LogP contribution in [0.25, 0.3) is 0 Å². The Kier molecular flexibility index (Phi) is 7.03. The average molecular weight is 498 g/mol. The molecule has 2 amide bonds. The highest BCUT2D eigenvalue weighted by Gasteiger charge is 2.66. The Morgan fingerprint density at radius 2 is 1.56 bits per heavy atom. The molecule has 6 nitrogen and oxygen atoms in total. The van der Waals surface area contributed by atoms with Gasteiger partial charge in [-0.25, -0.2) is 4.79 Å². The van der Waals surface area contributed by atoms with Gasteiger partial charge in [-0.05, 0) is 30.2 Å². The van der Waals surface area contributed by atoms with Crippen molar-refractivity contribution < 1.29 is 27.9 Å². The van der Waals surface area contributed by atoms with Gasteiger partial charge >= 0.3 is 12.2 Å². The number of nitrogens with one attached hydrogen (secondary N) is 2. The summed E-state index contributed by atoms with van der Waals surface area (Å²) in [6.07, 6.45) is -5.30. The first-order valence-corrected chi connectivity index (χ1v) is 11.5. The van der Waals surface area contributed by atoms with Crippen LogP contribution >= 0.6 is 0 Å². The molecule has 3 atom stereocenters. The number of nitrogens with zero attached hydrogens (tertiary/aromatic N) is 1. The molecule has 36 heavy (non-hydrogen) atoms. The minimum absolute atomic E-state index is 0.00948. The first-order chi connectivity index (χ1) is 17.1. The second-order valence-electron chi connectivity index (χ2n) is 8.64. The van der Waals surface area contributed by atoms with E-state index in [9.17, 15) is 27.9 Å². The van der Waals surface area contributed by atoms with Gasteiger partial charge in [0.1, 0.15) is 5.92 Å². The van der Waals surface area contributed by atoms with Gasteiger partial charge in [0.15, 0.2) is 5.78 Å². The molecule has 3 aromatic carbocycles. The van der Waals surface area contributed by atoms with E-state index in [1.165, 1.54) is 24.3 Å². The minimum Gasteiger partial charge on any atom is -0.367 e. The van der Waals surface area contributed by atoms with Crippen LogP contribution in [0.4, 0.5) is 23.7 Å². The van der Waals surface area contributed by atoms with Gasteiger partial charge < -0.3 is 20.6 Å². The number of anilines is 1. The second-order valence-corrected chi connectivity index (χ2v) is 8.64. The lowest BCUT2D eigenvalue weighted by molar-refractivity contribution is -0.287. The highest BCUT2D eigenvalue weighted by atomic mass is 19.4. The molecule has 3 aromatic rings. The maximum absolute atomic E-state index is 14.1. The van der Waals surface area contributed by atoms with Gasteiger partial charge in [0.25, 0.3) is 0 Å². The molecule has 1 saturated heterocycles. The van der Waals surface area contributed by atoms with Gasteiger partial charge in [0.2, 0.25) is 5.72 Å². The van der Waals surface area contributed by atoms with E-state index in [4.69, 9.17) is 0 Å². The lowest BCUT2D eigenvalue weighted by Gasteiger charge is -2.45. The summed E-state index contributed by atoms with van der Waals surface area (Å²) < 4.78 is 42.3. The summed E-state index contributed by atoms with van der Waals surface area (Å²) in [6, 6.07) is 21.2. The number of urea groups is 1. The number of hydrogen-bond acceptors (Lipinski definition) is 4. The molecule has 0 spiro atoms. The Hall–Kier alpha value is -3.85. The fourth-order valence-corrected chi connectivity index (χ4v) is 4.48. The molecule has 188 valence electrons. The SMILES string of the molecule is CCN(Cc1ccccc1)c1ccc(C2NC(=O)NC(O)(C(F)(F)F)C2C(=O)c2ccccc2)cc1. The van der Waals surface area contributed by atoms with Gasteiger partial charge in [-0.3, -0.25) is 4.79 Å². The molecule has 1 aliphatic heterocycles. The second kappa shape index (κ2) is 10.0. The predicted molar refractivity (Wildman–Crippen MR) is 129 cm³/mol. The van der Waals surface area contributed by atoms with Crippen molar-refractivity contribution in [3.8, 4) is 0 Å². The predicted octanol–water partition coefficient (Wildman–Crippen LogP) is 4.82. The van der Waals surface area contributed by atoms with E-state index >= 15 is 0 Å². The quantitative estimate of drug-likeness (QED) is 0.409. The third-order valence-corrected chi connectivity index (χ3v) is 6.36. The fourth-order valence-electron chi connectivity index (χ4n) is 4.48. The van der Waals surface area contributed by atoms with Crippen molar-refractivity contribution in [1.29, 1.82) is 0 Å². The number of benzene rings is 3. The highest BCUT2D eigenvalue weighted by Crippen LogP contribution is 2.44. The first kappa shape index (κ1) is 25.2. The normalized spacial score (nSPS) is 21.9. The number of halogens is 3. The molecule has 1 fully saturated rings. The minimum atomic E-state index is -5.30. The molecule has 0 bridgehead atoms. The van der Waals surface area contributed by atoms with E-state index in [1.807, 2.05) is 37.3 Å². The summed E-state index contributed by atoms with van der Waals surface area (Å²) in [4.78, 5) is 27.6. The Labute approximate surface area is 206 Å². The van der Waals surface area contributed by atoms with Crippen molar-refractivity contribution in [2.45, 2.75) is 31.4 Å². The van der Waals surface area contributed by atoms with Gasteiger partial charge in [0.05, 0.1) is 6.04 Å². The summed E-state index contributed by atoms with van der Waals surface area (Å²) in [5, 5.41) is 14.7. The van der Waals surface area contributed by atoms with Crippen LogP contribution < -0.4 is 15.5 Å². The summed E-state index contributed by atoms with van der Waals surface area (Å²) in [6.45, 7) is 3.30. The third-order valence-electron chi connectivity index (χ3n) is 6.36. The molecular weight excluding hydrogens is 471 g/mol. The van der Waals surface area contributed by atoms with Crippen molar-refractivity contribution >= 4 is 17.5 Å². The van der Waals surface area contributed by atoms with Gasteiger partial charge in [-0.1, -0.05) is 72.8 Å². The zero-order valence-corrected chi connectivity index (χ0v) is 19.5. The van der Waals surface area contributed by atoms with Gasteiger partial charge in [0, 0.05) is 24.3 Å². The van der Waals surface area contributed by atoms with Gasteiger partial charge in [-0.15, -0.1) is 0 Å². The van der Waals surface area contributed by atoms with Crippen molar-refractivity contribution in [3.63, 3.8) is 0 Å². The van der Waals surface area contributed by atoms with Crippen molar-refractivity contribution in [2.75, 3.05) is 11.4 Å². The molecule has 4 rings (SSSR count). The van der Waals surface area contributed by atoms with Crippen LogP contribution in [0.5, 0.6) is 0 Å². The third kappa shape index (κ3) is 4.92. The molecule has 3 N–H and O–H groups in total. The molecule has 0 aliphatic carbocycles. The highest BCUT2D eigenvalue weighted by molar-refractivity contribution is 6.00. The number of carbonyl (C=O) groups excluding carboxylic acids is 2. The zero-order chi connectivity index (χ0) is 25.9. The largest absolute Gasteiger partial charge is 0.437 e. The maximum Gasteiger partial charge on any atom is 0.437 e. The van der Waals surface area contributed by atoms with Crippen molar-refractivity contribution in [2.24, 2.45) is 5.92 Å². The fraction of sp³-hybridized carbons (Fsp3) is 0.259. The number of Topliss-reactive ketones (excluding diaryl/α,β-unsaturated/α-hetero) is 1. The summed E-state index contributed by atoms with van der Waals surface area (Å²) in [5.41, 5.74) is -1.58. The molecule has 0 aromatic heterocycles. The van der Waals surface area contributed by atoms with E-state index in [0.717, 1.165) is 11.3 Å². The lowest BCUT2D eigenvalue weighted by Crippen LogP contribution is -2.72. The van der Waals surface area contributed by atoms with Crippen LogP contribution in [-0.4, -0.2) is 35.4 Å². The van der Waals surface area contributed by atoms with E-state index in [0.29, 0.717) is 13.1 Å². The number of carbonyl (C=O) groups is 2. The van der Waals surface area contributed by atoms with E-state index < -0.39 is 35.7 Å². The molecule has 0 saturated carbocycles. The van der Waals surface area contributed by atoms with E-state index in [1.54, 1.807) is 35.6 Å². The molecular formula is C27H26F3N3O3. The molecule has 3 unspecified atom stereocenters. The topological polar surface area (TPSA) is 81.7 Å². The molecule has 9 heteroatoms. The van der Waals surface area contributed by atoms with Crippen molar-refractivity contribution in [3.05, 3.63) is 102 Å². The number of ketones is 1. The Morgan fingerprint density at radius 3 is 2.11 bits per heavy atom. The Bertz CT molecular complexity index is 1200. The standard InChI is InChI=1S/C27H26F3N3O3/c1-2-33(17-18-9-5-3-6-10-18)21-15-13-19(14-16-21)23-22(24(34)20-11-7-4-8-12-20)26(36,27(28,29)30)32-25(35)31-23/h3-16,22-23,36H,2,17H2,1H3,(H2,31,32,35). The summed E-state index contributed by atoms with van der Waals surface area (Å²) in [5.74, 6) is -3.01. The monoisotopic (exact) mass is 497 g/mol. The maximum atomic E-state index is 14.1. The molecule has 1 heterocycles. The van der Waals surface area contributed by atoms with E-state index in [-0.39, 0.29) is 11.1 Å². The average Bonchev–Trinajstić information content (AvgIpc) is 2.87. The summed E-state index contributed by atoms with van der Waals surface area (Å²) in [7, 11) is 0. The molecule has 1 aliphatic rings. The van der Waals surface area contributed by atoms with Crippen LogP contribution in [0, 0.1) is 5.92 Å². The Balaban J connectivity index is 1.70. The van der Waals surface area contributed by atoms with Crippen LogP contribution in [0.2, 0.25) is 0 Å². The van der Waals surface area contributed by atoms with Crippen LogP contribution in [0.1, 0.15) is 34.5 Å². The smallest absolute Gasteiger partial charge is 0.367 e. The van der Waals surface area contributed by atoms with Crippen LogP contribution in [-0.2, 0) is 6.54 Å². The first-order valence-electron chi connectivity index (χ1n) is 11.5. The van der Waals surface area contributed by atoms with Crippen molar-refractivity contribution in [1.82, 2.24) is 10.6 Å². The zero-order valence-electron chi connectivity index (χ0n) is 19.5. The summed E-state index contributed by atoms with van der Waals surface area (Å²) >= 11 is 0. The van der Waals surface area contributed by atoms with Gasteiger partial charge in [-0.2, -0.15) is 13.2 Å². The number of alkyl halides is 3. The lowest BCUT2D eigenvalue weighted by atomic mass is 9.77. The molecule has 0 radical (unpaired) electrons. The van der Waals surface area contributed by atoms with E-state index in [2.05, 4.69) is 10.2 Å². The number of rotatable bonds is 7. The van der Waals surface area contributed by atoms with Crippen LogP contribution in [0.15, 0.2) is 84.9 Å².